The van der Waals surface area contributed by atoms with Crippen molar-refractivity contribution in [3.05, 3.63) is 68.6 Å². The second kappa shape index (κ2) is 9.10. The van der Waals surface area contributed by atoms with Crippen molar-refractivity contribution in [3.63, 3.8) is 0 Å². The highest BCUT2D eigenvalue weighted by Gasteiger charge is 2.30. The Kier molecular flexibility index (Phi) is 6.36. The predicted octanol–water partition coefficient (Wildman–Crippen LogP) is 3.95. The van der Waals surface area contributed by atoms with Crippen molar-refractivity contribution in [2.45, 2.75) is 52.9 Å². The molecule has 0 bridgehead atoms. The fourth-order valence-electron chi connectivity index (χ4n) is 3.97. The Balaban J connectivity index is 1.68. The van der Waals surface area contributed by atoms with Gasteiger partial charge < -0.3 is 14.4 Å². The molecule has 0 unspecified atom stereocenters. The number of carbonyl (C=O) groups is 2. The van der Waals surface area contributed by atoms with Crippen molar-refractivity contribution in [3.8, 4) is 5.75 Å². The van der Waals surface area contributed by atoms with E-state index in [1.807, 2.05) is 6.92 Å². The molecule has 34 heavy (non-hydrogen) atoms. The fourth-order valence-corrected chi connectivity index (χ4v) is 4.19. The molecular weight excluding hydrogens is 458 g/mol. The third-order valence-corrected chi connectivity index (χ3v) is 5.62. The van der Waals surface area contributed by atoms with Crippen molar-refractivity contribution < 1.29 is 19.1 Å². The smallest absolute Gasteiger partial charge is 0.328 e. The van der Waals surface area contributed by atoms with Gasteiger partial charge in [0.25, 0.3) is 11.5 Å². The molecular formula is C25H26ClN3O5. The van der Waals surface area contributed by atoms with Gasteiger partial charge in [-0.1, -0.05) is 29.8 Å². The molecule has 1 aliphatic rings. The summed E-state index contributed by atoms with van der Waals surface area (Å²) in [6, 6.07) is 10.4. The fraction of sp³-hybridized carbons (Fsp3) is 0.360. The van der Waals surface area contributed by atoms with E-state index in [2.05, 4.69) is 5.10 Å². The second-order valence-corrected chi connectivity index (χ2v) is 9.48. The summed E-state index contributed by atoms with van der Waals surface area (Å²) in [5.41, 5.74) is 0.755. The van der Waals surface area contributed by atoms with Crippen LogP contribution in [0, 0.1) is 0 Å². The van der Waals surface area contributed by atoms with Crippen LogP contribution in [0.2, 0.25) is 5.02 Å². The van der Waals surface area contributed by atoms with E-state index in [4.69, 9.17) is 21.1 Å². The van der Waals surface area contributed by atoms with E-state index in [9.17, 15) is 14.4 Å². The van der Waals surface area contributed by atoms with E-state index in [0.29, 0.717) is 46.0 Å². The van der Waals surface area contributed by atoms with E-state index < -0.39 is 17.1 Å². The average molecular weight is 484 g/mol. The maximum Gasteiger partial charge on any atom is 0.328 e. The molecule has 3 aromatic rings. The van der Waals surface area contributed by atoms with Gasteiger partial charge in [-0.2, -0.15) is 5.10 Å². The zero-order chi connectivity index (χ0) is 24.6. The quantitative estimate of drug-likeness (QED) is 0.493. The van der Waals surface area contributed by atoms with Gasteiger partial charge in [0, 0.05) is 17.5 Å². The van der Waals surface area contributed by atoms with Gasteiger partial charge in [0.1, 0.15) is 17.9 Å². The first-order valence-electron chi connectivity index (χ1n) is 11.0. The molecule has 178 valence electrons. The minimum Gasteiger partial charge on any atom is -0.492 e. The van der Waals surface area contributed by atoms with Gasteiger partial charge in [-0.25, -0.2) is 4.68 Å². The van der Waals surface area contributed by atoms with Gasteiger partial charge in [0.05, 0.1) is 29.3 Å². The Hall–Kier alpha value is -3.39. The number of halogens is 1. The van der Waals surface area contributed by atoms with Gasteiger partial charge in [-0.15, -0.1) is 0 Å². The van der Waals surface area contributed by atoms with Gasteiger partial charge in [0.15, 0.2) is 0 Å². The molecule has 8 nitrogen and oxygen atoms in total. The number of aromatic nitrogens is 2. The van der Waals surface area contributed by atoms with Crippen LogP contribution in [0.3, 0.4) is 0 Å². The number of ether oxygens (including phenoxy) is 2. The van der Waals surface area contributed by atoms with E-state index in [1.54, 1.807) is 62.1 Å². The summed E-state index contributed by atoms with van der Waals surface area (Å²) in [4.78, 5) is 40.1. The number of benzene rings is 2. The Morgan fingerprint density at radius 1 is 1.15 bits per heavy atom. The van der Waals surface area contributed by atoms with Gasteiger partial charge in [0.2, 0.25) is 0 Å². The topological polar surface area (TPSA) is 90.7 Å². The molecule has 0 N–H and O–H groups in total. The normalized spacial score (nSPS) is 13.3. The molecule has 0 radical (unpaired) electrons. The van der Waals surface area contributed by atoms with Crippen molar-refractivity contribution in [1.82, 2.24) is 14.7 Å². The highest BCUT2D eigenvalue weighted by molar-refractivity contribution is 6.32. The highest BCUT2D eigenvalue weighted by Crippen LogP contribution is 2.34. The molecule has 1 amide bonds. The molecule has 0 saturated heterocycles. The minimum atomic E-state index is -0.685. The Morgan fingerprint density at radius 3 is 2.53 bits per heavy atom. The lowest BCUT2D eigenvalue weighted by molar-refractivity contribution is -0.155. The molecule has 1 aromatic heterocycles. The van der Waals surface area contributed by atoms with Crippen molar-refractivity contribution in [1.29, 1.82) is 0 Å². The van der Waals surface area contributed by atoms with E-state index in [0.717, 1.165) is 10.2 Å². The maximum absolute atomic E-state index is 13.1. The van der Waals surface area contributed by atoms with Crippen LogP contribution in [0.5, 0.6) is 5.75 Å². The molecule has 0 saturated carbocycles. The lowest BCUT2D eigenvalue weighted by atomic mass is 10.1. The molecule has 0 spiro atoms. The van der Waals surface area contributed by atoms with Crippen LogP contribution in [0.25, 0.3) is 10.8 Å². The second-order valence-electron chi connectivity index (χ2n) is 9.08. The van der Waals surface area contributed by atoms with Crippen molar-refractivity contribution in [2.75, 3.05) is 6.61 Å². The van der Waals surface area contributed by atoms with Crippen LogP contribution in [0.15, 0.2) is 41.2 Å². The van der Waals surface area contributed by atoms with Gasteiger partial charge in [-0.05, 0) is 51.5 Å². The molecule has 2 heterocycles. The molecule has 2 aromatic carbocycles. The Morgan fingerprint density at radius 2 is 1.85 bits per heavy atom. The largest absolute Gasteiger partial charge is 0.492 e. The minimum absolute atomic E-state index is 0.157. The summed E-state index contributed by atoms with van der Waals surface area (Å²) in [7, 11) is 0. The lowest BCUT2D eigenvalue weighted by Gasteiger charge is -2.20. The average Bonchev–Trinajstić information content (AvgIpc) is 3.05. The Bertz CT molecular complexity index is 1340. The molecule has 4 rings (SSSR count). The van der Waals surface area contributed by atoms with E-state index in [1.165, 1.54) is 0 Å². The van der Waals surface area contributed by atoms with Gasteiger partial charge >= 0.3 is 5.97 Å². The summed E-state index contributed by atoms with van der Waals surface area (Å²) in [5.74, 6) is -0.214. The molecule has 0 fully saturated rings. The van der Waals surface area contributed by atoms with E-state index >= 15 is 0 Å². The number of hydrogen-bond donors (Lipinski definition) is 0. The number of hydrogen-bond acceptors (Lipinski definition) is 6. The molecule has 0 atom stereocenters. The number of rotatable bonds is 6. The summed E-state index contributed by atoms with van der Waals surface area (Å²) in [5, 5.41) is 5.88. The van der Waals surface area contributed by atoms with Crippen molar-refractivity contribution in [2.24, 2.45) is 0 Å². The number of fused-ring (bicyclic) bond motifs is 2. The summed E-state index contributed by atoms with van der Waals surface area (Å²) >= 11 is 6.28. The molecule has 9 heteroatoms. The SMILES string of the molecule is CCOc1cc2c(cc1Cl)C(=O)N(Cc1nn(CC(=O)OC(C)(C)C)c(=O)c3ccccc13)C2. The summed E-state index contributed by atoms with van der Waals surface area (Å²) in [6.45, 7) is 7.79. The van der Waals surface area contributed by atoms with Gasteiger partial charge in [-0.3, -0.25) is 14.4 Å². The lowest BCUT2D eigenvalue weighted by Crippen LogP contribution is -2.33. The highest BCUT2D eigenvalue weighted by atomic mass is 35.5. The van der Waals surface area contributed by atoms with Crippen molar-refractivity contribution >= 4 is 34.2 Å². The number of esters is 1. The third kappa shape index (κ3) is 4.77. The monoisotopic (exact) mass is 483 g/mol. The first-order chi connectivity index (χ1) is 16.1. The first kappa shape index (κ1) is 23.8. The van der Waals surface area contributed by atoms with E-state index in [-0.39, 0.29) is 19.0 Å². The zero-order valence-corrected chi connectivity index (χ0v) is 20.3. The first-order valence-corrected chi connectivity index (χ1v) is 11.4. The van der Waals surface area contributed by atoms with Crippen LogP contribution in [0.4, 0.5) is 0 Å². The standard InChI is InChI=1S/C25H26ClN3O5/c1-5-33-21-10-15-12-28(23(31)18(15)11-19(21)26)13-20-16-8-6-7-9-17(16)24(32)29(27-20)14-22(30)34-25(2,3)4/h6-11H,5,12-14H2,1-4H3. The Labute approximate surface area is 202 Å². The zero-order valence-electron chi connectivity index (χ0n) is 19.6. The molecule has 1 aliphatic heterocycles. The van der Waals surface area contributed by atoms with Crippen LogP contribution < -0.4 is 10.3 Å². The predicted molar refractivity (Wildman–Crippen MR) is 128 cm³/mol. The van der Waals surface area contributed by atoms with Crippen LogP contribution in [-0.4, -0.2) is 38.8 Å². The number of amides is 1. The third-order valence-electron chi connectivity index (χ3n) is 5.32. The van der Waals surface area contributed by atoms with Crippen LogP contribution in [-0.2, 0) is 29.2 Å². The van der Waals surface area contributed by atoms with Crippen LogP contribution >= 0.6 is 11.6 Å². The number of carbonyl (C=O) groups excluding carboxylic acids is 2. The maximum atomic E-state index is 13.1. The summed E-state index contributed by atoms with van der Waals surface area (Å²) in [6.07, 6.45) is 0. The summed E-state index contributed by atoms with van der Waals surface area (Å²) < 4.78 is 12.0. The van der Waals surface area contributed by atoms with Crippen LogP contribution in [0.1, 0.15) is 49.3 Å². The number of nitrogens with zero attached hydrogens (tertiary/aromatic N) is 3. The molecule has 0 aliphatic carbocycles.